The van der Waals surface area contributed by atoms with Crippen molar-refractivity contribution in [3.63, 3.8) is 0 Å². The predicted molar refractivity (Wildman–Crippen MR) is 117 cm³/mol. The summed E-state index contributed by atoms with van der Waals surface area (Å²) in [6.07, 6.45) is -3.57. The molecule has 0 aliphatic carbocycles. The molecule has 0 spiro atoms. The van der Waals surface area contributed by atoms with Crippen molar-refractivity contribution in [2.75, 3.05) is 22.8 Å². The van der Waals surface area contributed by atoms with Crippen LogP contribution < -0.4 is 14.4 Å². The summed E-state index contributed by atoms with van der Waals surface area (Å²) >= 11 is 1.18. The minimum atomic E-state index is -5.08. The van der Waals surface area contributed by atoms with Crippen LogP contribution in [0.5, 0.6) is 5.75 Å². The molecule has 0 unspecified atom stereocenters. The van der Waals surface area contributed by atoms with E-state index in [-0.39, 0.29) is 15.6 Å². The molecule has 1 aromatic heterocycles. The fourth-order valence-corrected chi connectivity index (χ4v) is 4.65. The lowest BCUT2D eigenvalue weighted by Gasteiger charge is -2.31. The van der Waals surface area contributed by atoms with Crippen molar-refractivity contribution < 1.29 is 40.6 Å². The number of rotatable bonds is 4. The molecule has 4 rings (SSSR count). The summed E-state index contributed by atoms with van der Waals surface area (Å²) in [6.45, 7) is 0.794. The van der Waals surface area contributed by atoms with E-state index in [1.54, 1.807) is 17.5 Å². The molecule has 184 valence electrons. The summed E-state index contributed by atoms with van der Waals surface area (Å²) < 4.78 is 78.6. The molecule has 2 N–H and O–H groups in total. The zero-order valence-electron chi connectivity index (χ0n) is 17.3. The zero-order chi connectivity index (χ0) is 25.8. The van der Waals surface area contributed by atoms with E-state index in [9.17, 15) is 26.0 Å². The SMILES string of the molecule is N#Cc1cc(N2CCOc3cc(S(=O)(=O)Nc4nccs4)ccc32)ccc1F.O=C(O)C(F)(F)F. The van der Waals surface area contributed by atoms with E-state index in [0.29, 0.717) is 30.3 Å². The molecule has 1 aliphatic heterocycles. The number of nitrogens with zero attached hydrogens (tertiary/aromatic N) is 3. The standard InChI is InChI=1S/C18H13FN4O3S2.C2HF3O2/c19-15-3-1-13(9-12(15)11-20)23-6-7-26-17-10-14(2-4-16(17)23)28(24,25)22-18-21-5-8-27-18;3-2(4,5)1(6)7/h1-5,8-10H,6-7H2,(H,21,22);(H,6,7). The van der Waals surface area contributed by atoms with Gasteiger partial charge in [0, 0.05) is 23.3 Å². The molecule has 1 aliphatic rings. The number of carboxylic acids is 1. The first-order valence-corrected chi connectivity index (χ1v) is 11.7. The van der Waals surface area contributed by atoms with Crippen molar-refractivity contribution in [2.45, 2.75) is 11.1 Å². The van der Waals surface area contributed by atoms with Gasteiger partial charge >= 0.3 is 12.1 Å². The van der Waals surface area contributed by atoms with Crippen molar-refractivity contribution in [3.05, 3.63) is 59.4 Å². The maximum Gasteiger partial charge on any atom is 0.490 e. The van der Waals surface area contributed by atoms with Gasteiger partial charge < -0.3 is 14.7 Å². The number of halogens is 4. The molecule has 0 fully saturated rings. The molecule has 35 heavy (non-hydrogen) atoms. The molecule has 0 radical (unpaired) electrons. The van der Waals surface area contributed by atoms with Crippen molar-refractivity contribution in [2.24, 2.45) is 0 Å². The molecule has 0 atom stereocenters. The van der Waals surface area contributed by atoms with Gasteiger partial charge in [-0.25, -0.2) is 22.6 Å². The highest BCUT2D eigenvalue weighted by molar-refractivity contribution is 7.93. The van der Waals surface area contributed by atoms with E-state index in [1.165, 1.54) is 41.8 Å². The molecule has 2 heterocycles. The van der Waals surface area contributed by atoms with Crippen LogP contribution in [-0.2, 0) is 14.8 Å². The lowest BCUT2D eigenvalue weighted by Crippen LogP contribution is -2.29. The molecule has 2 aromatic carbocycles. The number of benzene rings is 2. The second kappa shape index (κ2) is 10.2. The number of ether oxygens (including phenoxy) is 1. The number of nitrogens with one attached hydrogen (secondary N) is 1. The number of anilines is 3. The van der Waals surface area contributed by atoms with Crippen LogP contribution >= 0.6 is 11.3 Å². The summed E-state index contributed by atoms with van der Waals surface area (Å²) in [7, 11) is -3.81. The third-order valence-electron chi connectivity index (χ3n) is 4.38. The van der Waals surface area contributed by atoms with Crippen LogP contribution in [-0.4, -0.2) is 43.8 Å². The van der Waals surface area contributed by atoms with Gasteiger partial charge in [-0.2, -0.15) is 18.4 Å². The molecule has 0 saturated heterocycles. The van der Waals surface area contributed by atoms with E-state index in [0.717, 1.165) is 0 Å². The average Bonchev–Trinajstić information content (AvgIpc) is 3.31. The summed E-state index contributed by atoms with van der Waals surface area (Å²) in [6, 6.07) is 10.6. The Morgan fingerprint density at radius 1 is 1.26 bits per heavy atom. The molecule has 15 heteroatoms. The van der Waals surface area contributed by atoms with Crippen LogP contribution in [0.3, 0.4) is 0 Å². The number of carboxylic acid groups (broad SMARTS) is 1. The van der Waals surface area contributed by atoms with Gasteiger partial charge in [0.1, 0.15) is 24.2 Å². The third-order valence-corrected chi connectivity index (χ3v) is 6.54. The Morgan fingerprint density at radius 3 is 2.57 bits per heavy atom. The fraction of sp³-hybridized carbons (Fsp3) is 0.150. The topological polar surface area (TPSA) is 133 Å². The minimum Gasteiger partial charge on any atom is -0.489 e. The van der Waals surface area contributed by atoms with Gasteiger partial charge in [0.05, 0.1) is 22.7 Å². The summed E-state index contributed by atoms with van der Waals surface area (Å²) in [4.78, 5) is 14.7. The first-order chi connectivity index (χ1) is 16.4. The number of nitriles is 1. The van der Waals surface area contributed by atoms with Crippen LogP contribution in [0, 0.1) is 17.1 Å². The van der Waals surface area contributed by atoms with E-state index in [4.69, 9.17) is 19.9 Å². The second-order valence-electron chi connectivity index (χ2n) is 6.65. The maximum atomic E-state index is 13.6. The molecule has 0 amide bonds. The fourth-order valence-electron chi connectivity index (χ4n) is 2.85. The van der Waals surface area contributed by atoms with E-state index < -0.39 is 28.0 Å². The zero-order valence-corrected chi connectivity index (χ0v) is 18.9. The maximum absolute atomic E-state index is 13.6. The Hall–Kier alpha value is -3.90. The quantitative estimate of drug-likeness (QED) is 0.482. The minimum absolute atomic E-state index is 0.0418. The number of hydrogen-bond acceptors (Lipinski definition) is 8. The summed E-state index contributed by atoms with van der Waals surface area (Å²) in [5.74, 6) is -2.96. The van der Waals surface area contributed by atoms with Crippen LogP contribution in [0.25, 0.3) is 0 Å². The van der Waals surface area contributed by atoms with Crippen LogP contribution in [0.15, 0.2) is 52.9 Å². The lowest BCUT2D eigenvalue weighted by molar-refractivity contribution is -0.192. The van der Waals surface area contributed by atoms with Gasteiger partial charge in [0.15, 0.2) is 5.13 Å². The van der Waals surface area contributed by atoms with E-state index in [1.807, 2.05) is 11.0 Å². The van der Waals surface area contributed by atoms with Crippen molar-refractivity contribution >= 4 is 43.8 Å². The highest BCUT2D eigenvalue weighted by atomic mass is 32.2. The highest BCUT2D eigenvalue weighted by Gasteiger charge is 2.38. The lowest BCUT2D eigenvalue weighted by atomic mass is 10.1. The Bertz CT molecular complexity index is 1370. The van der Waals surface area contributed by atoms with Gasteiger partial charge in [-0.1, -0.05) is 0 Å². The smallest absolute Gasteiger partial charge is 0.489 e. The Balaban J connectivity index is 0.000000429. The summed E-state index contributed by atoms with van der Waals surface area (Å²) in [5, 5.41) is 18.1. The first kappa shape index (κ1) is 25.7. The Labute approximate surface area is 199 Å². The van der Waals surface area contributed by atoms with E-state index in [2.05, 4.69) is 9.71 Å². The van der Waals surface area contributed by atoms with Crippen LogP contribution in [0.2, 0.25) is 0 Å². The number of aliphatic carboxylic acids is 1. The van der Waals surface area contributed by atoms with Crippen LogP contribution in [0.4, 0.5) is 34.1 Å². The van der Waals surface area contributed by atoms with Gasteiger partial charge in [-0.05, 0) is 30.3 Å². The molecule has 9 nitrogen and oxygen atoms in total. The highest BCUT2D eigenvalue weighted by Crippen LogP contribution is 2.38. The van der Waals surface area contributed by atoms with Gasteiger partial charge in [0.25, 0.3) is 10.0 Å². The third kappa shape index (κ3) is 6.16. The number of hydrogen-bond donors (Lipinski definition) is 2. The molecular formula is C20H14F4N4O5S2. The number of aromatic nitrogens is 1. The normalized spacial score (nSPS) is 12.9. The Kier molecular flexibility index (Phi) is 7.46. The first-order valence-electron chi connectivity index (χ1n) is 9.39. The average molecular weight is 530 g/mol. The monoisotopic (exact) mass is 530 g/mol. The van der Waals surface area contributed by atoms with Gasteiger partial charge in [-0.3, -0.25) is 4.72 Å². The molecule has 0 saturated carbocycles. The van der Waals surface area contributed by atoms with Crippen molar-refractivity contribution in [1.29, 1.82) is 5.26 Å². The number of alkyl halides is 3. The number of fused-ring (bicyclic) bond motifs is 1. The number of thiazole rings is 1. The Morgan fingerprint density at radius 2 is 1.97 bits per heavy atom. The van der Waals surface area contributed by atoms with Gasteiger partial charge in [-0.15, -0.1) is 11.3 Å². The molecular weight excluding hydrogens is 516 g/mol. The number of carbonyl (C=O) groups is 1. The predicted octanol–water partition coefficient (Wildman–Crippen LogP) is 4.12. The van der Waals surface area contributed by atoms with E-state index >= 15 is 0 Å². The largest absolute Gasteiger partial charge is 0.490 e. The van der Waals surface area contributed by atoms with Gasteiger partial charge in [0.2, 0.25) is 0 Å². The summed E-state index contributed by atoms with van der Waals surface area (Å²) in [5.41, 5.74) is 1.20. The van der Waals surface area contributed by atoms with Crippen LogP contribution in [0.1, 0.15) is 5.56 Å². The molecule has 3 aromatic rings. The van der Waals surface area contributed by atoms with Crippen molar-refractivity contribution in [1.82, 2.24) is 4.98 Å². The number of sulfonamides is 1. The molecule has 0 bridgehead atoms. The second-order valence-corrected chi connectivity index (χ2v) is 9.23. The van der Waals surface area contributed by atoms with Crippen molar-refractivity contribution in [3.8, 4) is 11.8 Å².